The van der Waals surface area contributed by atoms with Gasteiger partial charge in [0, 0.05) is 14.7 Å². The average molecular weight is 427 g/mol. The minimum Gasteiger partial charge on any atom is -0.144 e. The van der Waals surface area contributed by atoms with Crippen LogP contribution in [0.1, 0.15) is 65.5 Å². The molecule has 0 nitrogen and oxygen atoms in total. The summed E-state index contributed by atoms with van der Waals surface area (Å²) in [5, 5.41) is 0. The molecule has 0 radical (unpaired) electrons. The molecule has 0 amide bonds. The van der Waals surface area contributed by atoms with Gasteiger partial charge in [0.05, 0.1) is 0 Å². The van der Waals surface area contributed by atoms with Crippen molar-refractivity contribution < 1.29 is 0 Å². The van der Waals surface area contributed by atoms with Crippen LogP contribution in [0.4, 0.5) is 0 Å². The first kappa shape index (κ1) is 22.9. The van der Waals surface area contributed by atoms with Crippen molar-refractivity contribution in [1.82, 2.24) is 0 Å². The predicted octanol–water partition coefficient (Wildman–Crippen LogP) is 8.79. The third-order valence-corrected chi connectivity index (χ3v) is 6.25. The Kier molecular flexibility index (Phi) is 9.97. The Balaban J connectivity index is 2.08. The molecule has 0 fully saturated rings. The molecule has 0 aliphatic heterocycles. The Bertz CT molecular complexity index is 835. The smallest absolute Gasteiger partial charge is 0.0406 e. The molecule has 0 unspecified atom stereocenters. The molecule has 1 heterocycles. The second-order valence-electron chi connectivity index (χ2n) is 6.94. The summed E-state index contributed by atoms with van der Waals surface area (Å²) in [4.78, 5) is 4.08. The predicted molar refractivity (Wildman–Crippen MR) is 137 cm³/mol. The number of benzene rings is 1. The van der Waals surface area contributed by atoms with Crippen LogP contribution in [0.25, 0.3) is 23.1 Å². The van der Waals surface area contributed by atoms with Gasteiger partial charge < -0.3 is 0 Å². The Hall–Kier alpha value is -1.42. The van der Waals surface area contributed by atoms with Gasteiger partial charge >= 0.3 is 0 Å². The third-order valence-electron chi connectivity index (χ3n) is 4.51. The van der Waals surface area contributed by atoms with Crippen LogP contribution in [0.5, 0.6) is 0 Å². The fraction of sp³-hybridized carbons (Fsp3) is 0.280. The van der Waals surface area contributed by atoms with Crippen LogP contribution in [-0.2, 0) is 6.42 Å². The van der Waals surface area contributed by atoms with Crippen molar-refractivity contribution in [3.8, 4) is 0 Å². The van der Waals surface area contributed by atoms with Crippen molar-refractivity contribution >= 4 is 59.7 Å². The van der Waals surface area contributed by atoms with E-state index < -0.39 is 0 Å². The number of rotatable bonds is 11. The first-order valence-corrected chi connectivity index (χ1v) is 11.6. The molecule has 0 aliphatic carbocycles. The van der Waals surface area contributed by atoms with Crippen molar-refractivity contribution in [3.05, 3.63) is 80.9 Å². The number of allylic oxidation sites excluding steroid dienone is 1. The fourth-order valence-corrected chi connectivity index (χ4v) is 4.18. The Morgan fingerprint density at radius 1 is 0.929 bits per heavy atom. The van der Waals surface area contributed by atoms with E-state index in [-0.39, 0.29) is 0 Å². The van der Waals surface area contributed by atoms with Crippen molar-refractivity contribution in [3.63, 3.8) is 0 Å². The normalized spacial score (nSPS) is 11.5. The fourth-order valence-electron chi connectivity index (χ4n) is 2.92. The van der Waals surface area contributed by atoms with E-state index in [1.54, 1.807) is 11.3 Å². The minimum atomic E-state index is 0.755. The lowest BCUT2D eigenvalue weighted by Gasteiger charge is -2.01. The first-order chi connectivity index (χ1) is 13.5. The number of thiol groups is 2. The molecule has 0 aliphatic rings. The second-order valence-corrected chi connectivity index (χ2v) is 9.13. The van der Waals surface area contributed by atoms with Crippen LogP contribution in [0, 0.1) is 0 Å². The van der Waals surface area contributed by atoms with E-state index in [1.807, 2.05) is 12.2 Å². The van der Waals surface area contributed by atoms with Crippen LogP contribution in [0.15, 0.2) is 54.5 Å². The maximum atomic E-state index is 4.44. The summed E-state index contributed by atoms with van der Waals surface area (Å²) in [7, 11) is 0. The molecular weight excluding hydrogens is 396 g/mol. The van der Waals surface area contributed by atoms with Crippen LogP contribution in [0.2, 0.25) is 0 Å². The molecule has 28 heavy (non-hydrogen) atoms. The Morgan fingerprint density at radius 3 is 2.18 bits per heavy atom. The standard InChI is InChI=1S/C25H30S3/c1-4-5-6-7-8-9-23-18-25(20(3)27)28-24(23)17-16-22-14-12-21(13-15-22)11-10-19(2)26/h10-18,26-27H,2-9H2,1H3/b11-10+,17-16+. The van der Waals surface area contributed by atoms with E-state index in [0.717, 1.165) is 21.8 Å². The third kappa shape index (κ3) is 7.90. The van der Waals surface area contributed by atoms with E-state index in [0.29, 0.717) is 0 Å². The Morgan fingerprint density at radius 2 is 1.57 bits per heavy atom. The number of thiophene rings is 1. The summed E-state index contributed by atoms with van der Waals surface area (Å²) >= 11 is 10.4. The molecule has 0 atom stereocenters. The quantitative estimate of drug-likeness (QED) is 0.200. The number of hydrogen-bond acceptors (Lipinski definition) is 3. The van der Waals surface area contributed by atoms with Crippen molar-refractivity contribution in [2.75, 3.05) is 0 Å². The van der Waals surface area contributed by atoms with E-state index in [9.17, 15) is 0 Å². The summed E-state index contributed by atoms with van der Waals surface area (Å²) in [5.41, 5.74) is 3.75. The molecular formula is C25H30S3. The van der Waals surface area contributed by atoms with Crippen molar-refractivity contribution in [2.45, 2.75) is 45.4 Å². The summed E-state index contributed by atoms with van der Waals surface area (Å²) in [5.74, 6) is 0. The Labute approximate surface area is 185 Å². The van der Waals surface area contributed by atoms with Gasteiger partial charge in [0.2, 0.25) is 0 Å². The van der Waals surface area contributed by atoms with Crippen molar-refractivity contribution in [2.24, 2.45) is 0 Å². The maximum Gasteiger partial charge on any atom is 0.0406 e. The molecule has 2 aromatic rings. The van der Waals surface area contributed by atoms with Gasteiger partial charge in [0.15, 0.2) is 0 Å². The van der Waals surface area contributed by atoms with E-state index in [1.165, 1.54) is 53.0 Å². The van der Waals surface area contributed by atoms with Gasteiger partial charge in [-0.25, -0.2) is 0 Å². The largest absolute Gasteiger partial charge is 0.144 e. The van der Waals surface area contributed by atoms with Crippen LogP contribution in [0.3, 0.4) is 0 Å². The number of unbranched alkanes of at least 4 members (excludes halogenated alkanes) is 4. The lowest BCUT2D eigenvalue weighted by Crippen LogP contribution is -1.86. The second kappa shape index (κ2) is 12.2. The zero-order chi connectivity index (χ0) is 20.4. The van der Waals surface area contributed by atoms with Gasteiger partial charge in [0.25, 0.3) is 0 Å². The van der Waals surface area contributed by atoms with Gasteiger partial charge in [-0.2, -0.15) is 0 Å². The molecule has 0 bridgehead atoms. The molecule has 3 heteroatoms. The zero-order valence-corrected chi connectivity index (χ0v) is 19.3. The minimum absolute atomic E-state index is 0.755. The first-order valence-electron chi connectivity index (χ1n) is 9.84. The molecule has 0 spiro atoms. The van der Waals surface area contributed by atoms with E-state index in [2.05, 4.69) is 87.8 Å². The van der Waals surface area contributed by atoms with Gasteiger partial charge in [-0.3, -0.25) is 0 Å². The van der Waals surface area contributed by atoms with E-state index >= 15 is 0 Å². The molecule has 0 saturated carbocycles. The summed E-state index contributed by atoms with van der Waals surface area (Å²) in [6, 6.07) is 10.7. The number of aryl methyl sites for hydroxylation is 1. The summed E-state index contributed by atoms with van der Waals surface area (Å²) in [6.07, 6.45) is 16.0. The van der Waals surface area contributed by atoms with Gasteiger partial charge in [0.1, 0.15) is 0 Å². The lowest BCUT2D eigenvalue weighted by atomic mass is 10.0. The highest BCUT2D eigenvalue weighted by atomic mass is 32.1. The summed E-state index contributed by atoms with van der Waals surface area (Å²) in [6.45, 7) is 10.0. The molecule has 148 valence electrons. The topological polar surface area (TPSA) is 0 Å². The lowest BCUT2D eigenvalue weighted by molar-refractivity contribution is 0.632. The van der Waals surface area contributed by atoms with Gasteiger partial charge in [-0.1, -0.05) is 82.2 Å². The summed E-state index contributed by atoms with van der Waals surface area (Å²) < 4.78 is 0. The van der Waals surface area contributed by atoms with Crippen LogP contribution in [-0.4, -0.2) is 0 Å². The van der Waals surface area contributed by atoms with Crippen LogP contribution < -0.4 is 0 Å². The average Bonchev–Trinajstić information content (AvgIpc) is 3.09. The maximum absolute atomic E-state index is 4.44. The molecule has 1 aromatic carbocycles. The van der Waals surface area contributed by atoms with Crippen LogP contribution >= 0.6 is 36.6 Å². The highest BCUT2D eigenvalue weighted by Crippen LogP contribution is 2.32. The highest BCUT2D eigenvalue weighted by Gasteiger charge is 2.08. The zero-order valence-electron chi connectivity index (χ0n) is 16.7. The molecule has 0 N–H and O–H groups in total. The molecule has 2 rings (SSSR count). The van der Waals surface area contributed by atoms with E-state index in [4.69, 9.17) is 0 Å². The number of hydrogen-bond donors (Lipinski definition) is 2. The van der Waals surface area contributed by atoms with Gasteiger partial charge in [-0.15, -0.1) is 36.6 Å². The van der Waals surface area contributed by atoms with Crippen molar-refractivity contribution in [1.29, 1.82) is 0 Å². The SMILES string of the molecule is C=C(S)/C=C/c1ccc(/C=C/c2sc(C(=C)S)cc2CCCCCCC)cc1. The molecule has 1 aromatic heterocycles. The van der Waals surface area contributed by atoms with Gasteiger partial charge in [-0.05, 0) is 52.7 Å². The molecule has 0 saturated heterocycles. The highest BCUT2D eigenvalue weighted by molar-refractivity contribution is 7.90. The monoisotopic (exact) mass is 426 g/mol.